The molecule has 0 aliphatic rings. The molecule has 0 atom stereocenters. The first-order valence-corrected chi connectivity index (χ1v) is 16.4. The highest BCUT2D eigenvalue weighted by Gasteiger charge is 2.18. The quantitative estimate of drug-likeness (QED) is 0.183. The number of furan rings is 1. The smallest absolute Gasteiger partial charge is 0.164 e. The zero-order valence-corrected chi connectivity index (χ0v) is 26.3. The van der Waals surface area contributed by atoms with E-state index in [0.717, 1.165) is 49.8 Å². The van der Waals surface area contributed by atoms with Crippen molar-refractivity contribution >= 4 is 54.3 Å². The van der Waals surface area contributed by atoms with Crippen LogP contribution in [0.25, 0.3) is 99.5 Å². The van der Waals surface area contributed by atoms with E-state index < -0.39 is 0 Å². The van der Waals surface area contributed by atoms with Crippen molar-refractivity contribution in [3.63, 3.8) is 0 Å². The molecule has 0 fully saturated rings. The third-order valence-corrected chi connectivity index (χ3v) is 9.51. The number of aromatic nitrogens is 3. The molecule has 8 aromatic carbocycles. The summed E-state index contributed by atoms with van der Waals surface area (Å²) in [6.45, 7) is 0. The highest BCUT2D eigenvalue weighted by molar-refractivity contribution is 6.18. The fraction of sp³-hybridized carbons (Fsp3) is 0. The van der Waals surface area contributed by atoms with Crippen LogP contribution in [0.15, 0.2) is 168 Å². The first kappa shape index (κ1) is 27.5. The molecule has 0 amide bonds. The first-order valence-electron chi connectivity index (χ1n) is 16.4. The minimum Gasteiger partial charge on any atom is -0.456 e. The summed E-state index contributed by atoms with van der Waals surface area (Å²) in [7, 11) is 0. The maximum atomic E-state index is 6.45. The number of benzene rings is 8. The molecule has 0 saturated heterocycles. The molecule has 0 N–H and O–H groups in total. The second kappa shape index (κ2) is 11.0. The summed E-state index contributed by atoms with van der Waals surface area (Å²) in [6.07, 6.45) is 0. The second-order valence-corrected chi connectivity index (χ2v) is 12.4. The molecule has 0 bridgehead atoms. The number of rotatable bonds is 4. The maximum Gasteiger partial charge on any atom is 0.164 e. The van der Waals surface area contributed by atoms with Gasteiger partial charge in [0, 0.05) is 27.5 Å². The zero-order chi connectivity index (χ0) is 32.3. The number of nitrogens with zero attached hydrogens (tertiary/aromatic N) is 3. The Hall–Kier alpha value is -6.65. The number of fused-ring (bicyclic) bond motifs is 8. The van der Waals surface area contributed by atoms with Crippen LogP contribution in [0.4, 0.5) is 0 Å². The Bertz CT molecular complexity index is 2880. The first-order chi connectivity index (χ1) is 24.3. The van der Waals surface area contributed by atoms with Crippen molar-refractivity contribution in [2.24, 2.45) is 0 Å². The Morgan fingerprint density at radius 3 is 1.76 bits per heavy atom. The summed E-state index contributed by atoms with van der Waals surface area (Å²) in [5, 5.41) is 9.28. The molecule has 0 aliphatic carbocycles. The van der Waals surface area contributed by atoms with Crippen LogP contribution in [0, 0.1) is 0 Å². The van der Waals surface area contributed by atoms with Crippen molar-refractivity contribution in [3.8, 4) is 45.3 Å². The van der Waals surface area contributed by atoms with Crippen molar-refractivity contribution in [1.82, 2.24) is 15.0 Å². The van der Waals surface area contributed by atoms with E-state index in [2.05, 4.69) is 115 Å². The Balaban J connectivity index is 1.19. The predicted molar refractivity (Wildman–Crippen MR) is 201 cm³/mol. The summed E-state index contributed by atoms with van der Waals surface area (Å²) in [5.74, 6) is 1.86. The van der Waals surface area contributed by atoms with Crippen LogP contribution < -0.4 is 0 Å². The molecule has 10 rings (SSSR count). The summed E-state index contributed by atoms with van der Waals surface area (Å²) in [6, 6.07) is 56.9. The van der Waals surface area contributed by atoms with Gasteiger partial charge in [-0.2, -0.15) is 0 Å². The van der Waals surface area contributed by atoms with Gasteiger partial charge in [0.25, 0.3) is 0 Å². The minimum atomic E-state index is 0.605. The average molecular weight is 626 g/mol. The largest absolute Gasteiger partial charge is 0.456 e. The van der Waals surface area contributed by atoms with Gasteiger partial charge in [0.15, 0.2) is 17.5 Å². The van der Waals surface area contributed by atoms with Crippen molar-refractivity contribution in [3.05, 3.63) is 164 Å². The minimum absolute atomic E-state index is 0.605. The summed E-state index contributed by atoms with van der Waals surface area (Å²) < 4.78 is 6.45. The monoisotopic (exact) mass is 625 g/mol. The van der Waals surface area contributed by atoms with Crippen LogP contribution in [0.3, 0.4) is 0 Å². The normalized spacial score (nSPS) is 11.7. The van der Waals surface area contributed by atoms with Gasteiger partial charge in [0.1, 0.15) is 11.2 Å². The molecule has 49 heavy (non-hydrogen) atoms. The Kier molecular flexibility index (Phi) is 6.15. The number of hydrogen-bond donors (Lipinski definition) is 0. The lowest BCUT2D eigenvalue weighted by atomic mass is 9.96. The molecule has 0 radical (unpaired) electrons. The molecule has 4 nitrogen and oxygen atoms in total. The average Bonchev–Trinajstić information content (AvgIpc) is 3.56. The van der Waals surface area contributed by atoms with E-state index in [4.69, 9.17) is 19.4 Å². The van der Waals surface area contributed by atoms with Gasteiger partial charge >= 0.3 is 0 Å². The standard InChI is InChI=1S/C45H27N3O/c1-3-10-28(11-4-1)32-22-25-37-41(27-32)49-40-17-9-16-38(42(37)40)45-47-43(31-13-5-2-6-14-31)46-44(48-45)33-19-18-30-21-23-35-34-15-8-7-12-29(34)20-24-36(35)39(30)26-33/h1-27H. The fourth-order valence-electron chi connectivity index (χ4n) is 7.12. The van der Waals surface area contributed by atoms with Crippen LogP contribution in [0.5, 0.6) is 0 Å². The summed E-state index contributed by atoms with van der Waals surface area (Å²) in [5.41, 5.74) is 6.66. The van der Waals surface area contributed by atoms with Crippen molar-refractivity contribution in [2.45, 2.75) is 0 Å². The lowest BCUT2D eigenvalue weighted by molar-refractivity contribution is 0.669. The van der Waals surface area contributed by atoms with Crippen molar-refractivity contribution in [2.75, 3.05) is 0 Å². The maximum absolute atomic E-state index is 6.45. The van der Waals surface area contributed by atoms with Crippen LogP contribution >= 0.6 is 0 Å². The van der Waals surface area contributed by atoms with Gasteiger partial charge < -0.3 is 4.42 Å². The molecule has 228 valence electrons. The van der Waals surface area contributed by atoms with Crippen molar-refractivity contribution in [1.29, 1.82) is 0 Å². The van der Waals surface area contributed by atoms with Crippen molar-refractivity contribution < 1.29 is 4.42 Å². The van der Waals surface area contributed by atoms with Crippen LogP contribution in [0.2, 0.25) is 0 Å². The van der Waals surface area contributed by atoms with E-state index in [1.165, 1.54) is 32.3 Å². The molecule has 4 heteroatoms. The molecule has 2 aromatic heterocycles. The van der Waals surface area contributed by atoms with Crippen LogP contribution in [0.1, 0.15) is 0 Å². The topological polar surface area (TPSA) is 51.8 Å². The van der Waals surface area contributed by atoms with E-state index in [1.54, 1.807) is 0 Å². The van der Waals surface area contributed by atoms with Gasteiger partial charge in [0.2, 0.25) is 0 Å². The molecule has 0 saturated carbocycles. The lowest BCUT2D eigenvalue weighted by Crippen LogP contribution is -2.00. The van der Waals surface area contributed by atoms with E-state index in [0.29, 0.717) is 17.5 Å². The van der Waals surface area contributed by atoms with Gasteiger partial charge in [0.05, 0.1) is 0 Å². The van der Waals surface area contributed by atoms with E-state index in [9.17, 15) is 0 Å². The van der Waals surface area contributed by atoms with Gasteiger partial charge in [-0.05, 0) is 67.7 Å². The van der Waals surface area contributed by atoms with Gasteiger partial charge in [-0.15, -0.1) is 0 Å². The second-order valence-electron chi connectivity index (χ2n) is 12.4. The lowest BCUT2D eigenvalue weighted by Gasteiger charge is -2.11. The highest BCUT2D eigenvalue weighted by atomic mass is 16.3. The Morgan fingerprint density at radius 2 is 0.939 bits per heavy atom. The molecular formula is C45H27N3O. The molecule has 10 aromatic rings. The van der Waals surface area contributed by atoms with E-state index in [1.807, 2.05) is 48.5 Å². The van der Waals surface area contributed by atoms with Crippen LogP contribution in [-0.2, 0) is 0 Å². The summed E-state index contributed by atoms with van der Waals surface area (Å²) >= 11 is 0. The third-order valence-electron chi connectivity index (χ3n) is 9.51. The number of hydrogen-bond acceptors (Lipinski definition) is 4. The molecular weight excluding hydrogens is 599 g/mol. The van der Waals surface area contributed by atoms with Gasteiger partial charge in [-0.25, -0.2) is 15.0 Å². The molecule has 0 unspecified atom stereocenters. The van der Waals surface area contributed by atoms with Gasteiger partial charge in [-0.3, -0.25) is 0 Å². The Morgan fingerprint density at radius 1 is 0.327 bits per heavy atom. The predicted octanol–water partition coefficient (Wildman–Crippen LogP) is 11.9. The van der Waals surface area contributed by atoms with Gasteiger partial charge in [-0.1, -0.05) is 140 Å². The zero-order valence-electron chi connectivity index (χ0n) is 26.3. The Labute approximate surface area is 282 Å². The van der Waals surface area contributed by atoms with E-state index >= 15 is 0 Å². The molecule has 0 spiro atoms. The van der Waals surface area contributed by atoms with E-state index in [-0.39, 0.29) is 0 Å². The SMILES string of the molecule is c1ccc(-c2ccc3c(c2)oc2cccc(-c4nc(-c5ccccc5)nc(-c5ccc6ccc7c8ccccc8ccc7c6c5)n4)c23)cc1. The molecule has 0 aliphatic heterocycles. The summed E-state index contributed by atoms with van der Waals surface area (Å²) in [4.78, 5) is 15.3. The third kappa shape index (κ3) is 4.57. The molecule has 2 heterocycles. The van der Waals surface area contributed by atoms with Crippen LogP contribution in [-0.4, -0.2) is 15.0 Å². The fourth-order valence-corrected chi connectivity index (χ4v) is 7.12. The highest BCUT2D eigenvalue weighted by Crippen LogP contribution is 2.39.